The molecule has 0 aliphatic rings. The maximum absolute atomic E-state index is 6.00. The Morgan fingerprint density at radius 3 is 2.50 bits per heavy atom. The molecule has 1 rings (SSSR count). The van der Waals surface area contributed by atoms with E-state index in [1.165, 1.54) is 16.1 Å². The molecule has 0 bridgehead atoms. The summed E-state index contributed by atoms with van der Waals surface area (Å²) < 4.78 is 0. The molecule has 78 valence electrons. The Labute approximate surface area is 90.5 Å². The standard InChI is InChI=1S/C11H18N2S/c1-5-14-11-9(12)6-8(2)7-10(11)13(3)4/h6-7H,5,12H2,1-4H3. The Bertz CT molecular complexity index is 321. The van der Waals surface area contributed by atoms with Gasteiger partial charge in [0.1, 0.15) is 0 Å². The fourth-order valence-electron chi connectivity index (χ4n) is 1.42. The molecule has 0 atom stereocenters. The summed E-state index contributed by atoms with van der Waals surface area (Å²) in [6, 6.07) is 4.21. The minimum absolute atomic E-state index is 0.889. The summed E-state index contributed by atoms with van der Waals surface area (Å²) in [5, 5.41) is 0. The highest BCUT2D eigenvalue weighted by Crippen LogP contribution is 2.35. The largest absolute Gasteiger partial charge is 0.398 e. The number of hydrogen-bond donors (Lipinski definition) is 1. The third-order valence-corrected chi connectivity index (χ3v) is 3.04. The number of aryl methyl sites for hydroxylation is 1. The average Bonchev–Trinajstić information content (AvgIpc) is 2.09. The molecular weight excluding hydrogens is 192 g/mol. The Hall–Kier alpha value is -0.830. The normalized spacial score (nSPS) is 10.3. The van der Waals surface area contributed by atoms with Crippen LogP contribution >= 0.6 is 11.8 Å². The second kappa shape index (κ2) is 4.60. The second-order valence-corrected chi connectivity index (χ2v) is 4.80. The van der Waals surface area contributed by atoms with Gasteiger partial charge in [-0.2, -0.15) is 0 Å². The first-order valence-electron chi connectivity index (χ1n) is 4.76. The third kappa shape index (κ3) is 2.35. The molecule has 1 aromatic carbocycles. The number of nitrogens with two attached hydrogens (primary N) is 1. The first-order chi connectivity index (χ1) is 6.56. The van der Waals surface area contributed by atoms with Gasteiger partial charge in [0.2, 0.25) is 0 Å². The van der Waals surface area contributed by atoms with E-state index in [0.29, 0.717) is 0 Å². The molecule has 0 aromatic heterocycles. The van der Waals surface area contributed by atoms with Crippen LogP contribution in [0.2, 0.25) is 0 Å². The van der Waals surface area contributed by atoms with Crippen molar-refractivity contribution < 1.29 is 0 Å². The molecule has 0 aliphatic heterocycles. The van der Waals surface area contributed by atoms with Crippen LogP contribution in [0.4, 0.5) is 11.4 Å². The van der Waals surface area contributed by atoms with E-state index in [0.717, 1.165) is 11.4 Å². The van der Waals surface area contributed by atoms with E-state index < -0.39 is 0 Å². The van der Waals surface area contributed by atoms with Crippen LogP contribution in [0.25, 0.3) is 0 Å². The van der Waals surface area contributed by atoms with Gasteiger partial charge < -0.3 is 10.6 Å². The Balaban J connectivity index is 3.21. The van der Waals surface area contributed by atoms with E-state index in [1.54, 1.807) is 11.8 Å². The van der Waals surface area contributed by atoms with Crippen molar-refractivity contribution >= 4 is 23.1 Å². The lowest BCUT2D eigenvalue weighted by Crippen LogP contribution is -2.11. The highest BCUT2D eigenvalue weighted by molar-refractivity contribution is 7.99. The van der Waals surface area contributed by atoms with Crippen LogP contribution in [0, 0.1) is 6.92 Å². The van der Waals surface area contributed by atoms with Gasteiger partial charge in [0, 0.05) is 19.8 Å². The van der Waals surface area contributed by atoms with E-state index in [1.807, 2.05) is 20.2 Å². The summed E-state index contributed by atoms with van der Waals surface area (Å²) in [5.41, 5.74) is 9.32. The van der Waals surface area contributed by atoms with Gasteiger partial charge in [-0.15, -0.1) is 11.8 Å². The molecule has 0 spiro atoms. The molecule has 2 nitrogen and oxygen atoms in total. The number of nitrogens with zero attached hydrogens (tertiary/aromatic N) is 1. The van der Waals surface area contributed by atoms with Crippen LogP contribution in [0.1, 0.15) is 12.5 Å². The van der Waals surface area contributed by atoms with Crippen LogP contribution in [0.5, 0.6) is 0 Å². The zero-order chi connectivity index (χ0) is 10.7. The van der Waals surface area contributed by atoms with Gasteiger partial charge in [-0.3, -0.25) is 0 Å². The van der Waals surface area contributed by atoms with Crippen molar-refractivity contribution in [2.45, 2.75) is 18.7 Å². The molecule has 0 unspecified atom stereocenters. The van der Waals surface area contributed by atoms with Crippen molar-refractivity contribution in [3.63, 3.8) is 0 Å². The number of nitrogen functional groups attached to an aromatic ring is 1. The number of thioether (sulfide) groups is 1. The zero-order valence-electron chi connectivity index (χ0n) is 9.29. The molecule has 3 heteroatoms. The lowest BCUT2D eigenvalue weighted by atomic mass is 10.2. The van der Waals surface area contributed by atoms with Crippen molar-refractivity contribution in [2.24, 2.45) is 0 Å². The number of rotatable bonds is 3. The van der Waals surface area contributed by atoms with Gasteiger partial charge in [0.05, 0.1) is 10.6 Å². The fourth-order valence-corrected chi connectivity index (χ4v) is 2.32. The van der Waals surface area contributed by atoms with Crippen molar-refractivity contribution in [2.75, 3.05) is 30.5 Å². The Morgan fingerprint density at radius 2 is 2.00 bits per heavy atom. The van der Waals surface area contributed by atoms with Gasteiger partial charge in [-0.1, -0.05) is 6.92 Å². The van der Waals surface area contributed by atoms with Gasteiger partial charge in [-0.25, -0.2) is 0 Å². The smallest absolute Gasteiger partial charge is 0.0536 e. The minimum Gasteiger partial charge on any atom is -0.398 e. The average molecular weight is 210 g/mol. The number of hydrogen-bond acceptors (Lipinski definition) is 3. The SMILES string of the molecule is CCSc1c(N)cc(C)cc1N(C)C. The summed E-state index contributed by atoms with van der Waals surface area (Å²) in [5.74, 6) is 1.05. The summed E-state index contributed by atoms with van der Waals surface area (Å²) in [6.07, 6.45) is 0. The maximum Gasteiger partial charge on any atom is 0.0536 e. The highest BCUT2D eigenvalue weighted by atomic mass is 32.2. The van der Waals surface area contributed by atoms with E-state index in [4.69, 9.17) is 5.73 Å². The predicted octanol–water partition coefficient (Wildman–Crippen LogP) is 2.76. The van der Waals surface area contributed by atoms with Gasteiger partial charge >= 0.3 is 0 Å². The molecule has 0 saturated heterocycles. The summed E-state index contributed by atoms with van der Waals surface area (Å²) in [7, 11) is 4.10. The molecule has 0 saturated carbocycles. The summed E-state index contributed by atoms with van der Waals surface area (Å²) in [4.78, 5) is 3.31. The molecule has 0 heterocycles. The van der Waals surface area contributed by atoms with Crippen molar-refractivity contribution in [3.05, 3.63) is 17.7 Å². The maximum atomic E-state index is 6.00. The molecule has 0 fully saturated rings. The van der Waals surface area contributed by atoms with E-state index in [2.05, 4.69) is 24.8 Å². The zero-order valence-corrected chi connectivity index (χ0v) is 10.1. The molecule has 0 amide bonds. The fraction of sp³-hybridized carbons (Fsp3) is 0.455. The van der Waals surface area contributed by atoms with Gasteiger partial charge in [0.25, 0.3) is 0 Å². The molecule has 14 heavy (non-hydrogen) atoms. The highest BCUT2D eigenvalue weighted by Gasteiger charge is 2.08. The van der Waals surface area contributed by atoms with Gasteiger partial charge in [0.15, 0.2) is 0 Å². The van der Waals surface area contributed by atoms with Crippen LogP contribution in [-0.4, -0.2) is 19.8 Å². The number of anilines is 2. The monoisotopic (exact) mass is 210 g/mol. The molecule has 1 aromatic rings. The first-order valence-corrected chi connectivity index (χ1v) is 5.75. The molecular formula is C11H18N2S. The van der Waals surface area contributed by atoms with Crippen molar-refractivity contribution in [1.29, 1.82) is 0 Å². The van der Waals surface area contributed by atoms with Gasteiger partial charge in [-0.05, 0) is 30.4 Å². The molecule has 2 N–H and O–H groups in total. The summed E-state index contributed by atoms with van der Waals surface area (Å²) in [6.45, 7) is 4.22. The van der Waals surface area contributed by atoms with E-state index >= 15 is 0 Å². The topological polar surface area (TPSA) is 29.3 Å². The lowest BCUT2D eigenvalue weighted by molar-refractivity contribution is 1.09. The molecule has 0 radical (unpaired) electrons. The summed E-state index contributed by atoms with van der Waals surface area (Å²) >= 11 is 1.80. The Morgan fingerprint density at radius 1 is 1.36 bits per heavy atom. The Kier molecular flexibility index (Phi) is 3.69. The van der Waals surface area contributed by atoms with Crippen LogP contribution in [0.3, 0.4) is 0 Å². The minimum atomic E-state index is 0.889. The third-order valence-electron chi connectivity index (χ3n) is 2.01. The van der Waals surface area contributed by atoms with E-state index in [-0.39, 0.29) is 0 Å². The quantitative estimate of drug-likeness (QED) is 0.614. The van der Waals surface area contributed by atoms with Crippen molar-refractivity contribution in [1.82, 2.24) is 0 Å². The van der Waals surface area contributed by atoms with E-state index in [9.17, 15) is 0 Å². The lowest BCUT2D eigenvalue weighted by Gasteiger charge is -2.19. The number of benzene rings is 1. The first kappa shape index (κ1) is 11.2. The second-order valence-electron chi connectivity index (χ2n) is 3.53. The predicted molar refractivity (Wildman–Crippen MR) is 66.3 cm³/mol. The van der Waals surface area contributed by atoms with Crippen LogP contribution in [0.15, 0.2) is 17.0 Å². The van der Waals surface area contributed by atoms with Crippen LogP contribution in [-0.2, 0) is 0 Å². The molecule has 0 aliphatic carbocycles. The van der Waals surface area contributed by atoms with Crippen LogP contribution < -0.4 is 10.6 Å². The van der Waals surface area contributed by atoms with Crippen molar-refractivity contribution in [3.8, 4) is 0 Å².